The Morgan fingerprint density at radius 2 is 1.11 bits per heavy atom. The van der Waals surface area contributed by atoms with Crippen LogP contribution in [0.5, 0.6) is 0 Å². The Morgan fingerprint density at radius 3 is 1.65 bits per heavy atom. The Morgan fingerprint density at radius 1 is 0.648 bits per heavy atom. The zero-order chi connectivity index (χ0) is 38.8. The van der Waals surface area contributed by atoms with Gasteiger partial charge in [0.25, 0.3) is 0 Å². The molecule has 11 heteroatoms. The molecule has 0 N–H and O–H groups in total. The summed E-state index contributed by atoms with van der Waals surface area (Å²) in [6.07, 6.45) is 23.7. The second-order valence-electron chi connectivity index (χ2n) is 15.8. The van der Waals surface area contributed by atoms with Gasteiger partial charge < -0.3 is 42.6 Å². The number of methoxy groups -OCH3 is 3. The van der Waals surface area contributed by atoms with Crippen LogP contribution in [0.1, 0.15) is 162 Å². The van der Waals surface area contributed by atoms with Gasteiger partial charge in [-0.15, -0.1) is 0 Å². The number of hydrogen-bond donors (Lipinski definition) is 0. The Bertz CT molecular complexity index is 984. The SMILES string of the molecule is CCCCCCCCCCC(OCOC)C1CCC(C2CCC(C(CCCCC([18F])CCCCCC(CC3=CC(C)OC3=O)OCOC)OCOC)O2)O1. The number of esters is 1. The van der Waals surface area contributed by atoms with Gasteiger partial charge in [-0.2, -0.15) is 0 Å². The van der Waals surface area contributed by atoms with Gasteiger partial charge in [-0.3, -0.25) is 0 Å². The van der Waals surface area contributed by atoms with E-state index in [4.69, 9.17) is 42.6 Å². The average molecular weight is 772 g/mol. The third-order valence-corrected chi connectivity index (χ3v) is 11.2. The van der Waals surface area contributed by atoms with Crippen molar-refractivity contribution in [2.75, 3.05) is 41.7 Å². The summed E-state index contributed by atoms with van der Waals surface area (Å²) in [6.45, 7) is 4.81. The Labute approximate surface area is 327 Å². The molecular formula is C43H77FO10. The summed E-state index contributed by atoms with van der Waals surface area (Å²) >= 11 is 0. The second kappa shape index (κ2) is 29.1. The highest BCUT2D eigenvalue weighted by molar-refractivity contribution is 5.90. The van der Waals surface area contributed by atoms with E-state index in [2.05, 4.69) is 6.92 Å². The van der Waals surface area contributed by atoms with E-state index in [9.17, 15) is 9.18 Å². The summed E-state index contributed by atoms with van der Waals surface area (Å²) in [4.78, 5) is 12.0. The lowest BCUT2D eigenvalue weighted by atomic mass is 9.99. The molecule has 9 unspecified atom stereocenters. The van der Waals surface area contributed by atoms with Crippen molar-refractivity contribution < 1.29 is 51.8 Å². The number of halogens is 1. The van der Waals surface area contributed by atoms with Gasteiger partial charge in [0.15, 0.2) is 0 Å². The zero-order valence-corrected chi connectivity index (χ0v) is 34.6. The van der Waals surface area contributed by atoms with Gasteiger partial charge in [-0.25, -0.2) is 9.18 Å². The lowest BCUT2D eigenvalue weighted by Gasteiger charge is -2.27. The minimum absolute atomic E-state index is 0.0115. The summed E-state index contributed by atoms with van der Waals surface area (Å²) in [6, 6.07) is 0. The number of carbonyl (C=O) groups is 1. The molecule has 0 bridgehead atoms. The molecule has 0 aromatic rings. The Hall–Kier alpha value is -1.18. The highest BCUT2D eigenvalue weighted by Crippen LogP contribution is 2.36. The molecule has 0 amide bonds. The van der Waals surface area contributed by atoms with E-state index in [1.807, 2.05) is 13.0 Å². The van der Waals surface area contributed by atoms with Crippen LogP contribution in [0.15, 0.2) is 11.6 Å². The van der Waals surface area contributed by atoms with Crippen molar-refractivity contribution in [2.45, 2.75) is 217 Å². The van der Waals surface area contributed by atoms with E-state index < -0.39 is 6.17 Å². The molecule has 0 aromatic heterocycles. The first-order chi connectivity index (χ1) is 26.4. The average Bonchev–Trinajstić information content (AvgIpc) is 3.92. The van der Waals surface area contributed by atoms with E-state index in [1.165, 1.54) is 44.9 Å². The maximum atomic E-state index is 14.9. The standard InChI is InChI=1S/C43H77FO10/c1-6-7-8-9-10-11-12-16-22-37(50-31-47-4)39-24-26-41(53-39)42-27-25-40(54-42)38(51-32-48-5)23-18-17-20-35(44)19-14-13-15-21-36(49-30-46-3)29-34-28-33(2)52-43(34)45/h28,33,35-42H,6-27,29-32H2,1-5H3/i44-1. The van der Waals surface area contributed by atoms with Gasteiger partial charge in [0.2, 0.25) is 0 Å². The first-order valence-electron chi connectivity index (χ1n) is 21.6. The van der Waals surface area contributed by atoms with Gasteiger partial charge in [-0.05, 0) is 70.8 Å². The van der Waals surface area contributed by atoms with Crippen LogP contribution in [0, 0.1) is 0 Å². The highest BCUT2D eigenvalue weighted by atomic mass is 18.2. The minimum atomic E-state index is -0.810. The normalized spacial score (nSPS) is 25.2. The minimum Gasteiger partial charge on any atom is -0.455 e. The van der Waals surface area contributed by atoms with Crippen LogP contribution in [0.25, 0.3) is 0 Å². The van der Waals surface area contributed by atoms with Crippen LogP contribution in [-0.4, -0.2) is 103 Å². The monoisotopic (exact) mass is 772 g/mol. The predicted octanol–water partition coefficient (Wildman–Crippen LogP) is 9.69. The molecule has 3 heterocycles. The fraction of sp³-hybridized carbons (Fsp3) is 0.930. The molecule has 0 aliphatic carbocycles. The van der Waals surface area contributed by atoms with Crippen molar-refractivity contribution in [1.29, 1.82) is 0 Å². The maximum Gasteiger partial charge on any atom is 0.334 e. The fourth-order valence-corrected chi connectivity index (χ4v) is 8.22. The summed E-state index contributed by atoms with van der Waals surface area (Å²) in [5.74, 6) is -0.264. The van der Waals surface area contributed by atoms with E-state index in [-0.39, 0.29) is 68.4 Å². The molecule has 0 radical (unpaired) electrons. The molecule has 2 saturated heterocycles. The van der Waals surface area contributed by atoms with E-state index in [1.54, 1.807) is 21.3 Å². The molecule has 316 valence electrons. The van der Waals surface area contributed by atoms with Crippen molar-refractivity contribution in [3.05, 3.63) is 11.6 Å². The molecule has 0 spiro atoms. The molecule has 3 rings (SSSR count). The quantitative estimate of drug-likeness (QED) is 0.0357. The molecule has 3 aliphatic heterocycles. The topological polar surface area (TPSA) is 100 Å². The fourth-order valence-electron chi connectivity index (χ4n) is 8.22. The van der Waals surface area contributed by atoms with E-state index in [0.717, 1.165) is 83.5 Å². The molecule has 10 nitrogen and oxygen atoms in total. The number of rotatable bonds is 34. The summed E-state index contributed by atoms with van der Waals surface area (Å²) in [7, 11) is 4.90. The Kier molecular flexibility index (Phi) is 25.4. The second-order valence-corrected chi connectivity index (χ2v) is 15.8. The van der Waals surface area contributed by atoms with E-state index in [0.29, 0.717) is 31.6 Å². The number of cyclic esters (lactones) is 1. The number of hydrogen-bond acceptors (Lipinski definition) is 10. The van der Waals surface area contributed by atoms with Crippen molar-refractivity contribution in [1.82, 2.24) is 0 Å². The molecule has 54 heavy (non-hydrogen) atoms. The van der Waals surface area contributed by atoms with Crippen molar-refractivity contribution in [3.8, 4) is 0 Å². The molecule has 0 saturated carbocycles. The Balaban J connectivity index is 1.31. The smallest absolute Gasteiger partial charge is 0.334 e. The van der Waals surface area contributed by atoms with Crippen molar-refractivity contribution in [3.63, 3.8) is 0 Å². The number of alkyl halides is 1. The van der Waals surface area contributed by atoms with Crippen LogP contribution in [0.4, 0.5) is 4.39 Å². The lowest BCUT2D eigenvalue weighted by Crippen LogP contribution is -2.35. The summed E-state index contributed by atoms with van der Waals surface area (Å²) < 4.78 is 67.0. The van der Waals surface area contributed by atoms with Crippen LogP contribution in [-0.2, 0) is 47.4 Å². The van der Waals surface area contributed by atoms with Gasteiger partial charge in [-0.1, -0.05) is 90.4 Å². The summed E-state index contributed by atoms with van der Waals surface area (Å²) in [5.41, 5.74) is 0.667. The van der Waals surface area contributed by atoms with Crippen molar-refractivity contribution in [2.24, 2.45) is 0 Å². The summed E-state index contributed by atoms with van der Waals surface area (Å²) in [5, 5.41) is 0. The van der Waals surface area contributed by atoms with Crippen molar-refractivity contribution >= 4 is 5.97 Å². The van der Waals surface area contributed by atoms with Gasteiger partial charge in [0.05, 0.1) is 42.7 Å². The van der Waals surface area contributed by atoms with Crippen LogP contribution >= 0.6 is 0 Å². The maximum absolute atomic E-state index is 14.9. The number of ether oxygens (including phenoxy) is 9. The molecule has 9 atom stereocenters. The zero-order valence-electron chi connectivity index (χ0n) is 34.6. The number of unbranched alkanes of at least 4 members (excludes halogenated alkanes) is 10. The molecule has 3 aliphatic rings. The van der Waals surface area contributed by atoms with Gasteiger partial charge >= 0.3 is 5.97 Å². The molecular weight excluding hydrogens is 694 g/mol. The van der Waals surface area contributed by atoms with Gasteiger partial charge in [0.1, 0.15) is 32.7 Å². The predicted molar refractivity (Wildman–Crippen MR) is 208 cm³/mol. The first kappa shape index (κ1) is 47.2. The third kappa shape index (κ3) is 18.8. The largest absolute Gasteiger partial charge is 0.455 e. The third-order valence-electron chi connectivity index (χ3n) is 11.2. The number of carbonyl (C=O) groups excluding carboxylic acids is 1. The highest BCUT2D eigenvalue weighted by Gasteiger charge is 2.42. The first-order valence-corrected chi connectivity index (χ1v) is 21.6. The lowest BCUT2D eigenvalue weighted by molar-refractivity contribution is -0.158. The van der Waals surface area contributed by atoms with Crippen LogP contribution in [0.2, 0.25) is 0 Å². The van der Waals surface area contributed by atoms with E-state index >= 15 is 0 Å². The molecule has 0 aromatic carbocycles. The van der Waals surface area contributed by atoms with Gasteiger partial charge in [0, 0.05) is 33.3 Å². The van der Waals surface area contributed by atoms with Crippen LogP contribution < -0.4 is 0 Å². The molecule has 2 fully saturated rings. The van der Waals surface area contributed by atoms with Crippen LogP contribution in [0.3, 0.4) is 0 Å².